The third-order valence-corrected chi connectivity index (χ3v) is 5.04. The number of hydrogen-bond acceptors (Lipinski definition) is 4. The van der Waals surface area contributed by atoms with E-state index in [-0.39, 0.29) is 5.56 Å². The minimum absolute atomic E-state index is 0.0934. The van der Waals surface area contributed by atoms with Crippen LogP contribution in [0.15, 0.2) is 35.3 Å². The van der Waals surface area contributed by atoms with Gasteiger partial charge in [0.1, 0.15) is 12.1 Å². The van der Waals surface area contributed by atoms with Gasteiger partial charge in [0.2, 0.25) is 0 Å². The molecule has 0 saturated carbocycles. The van der Waals surface area contributed by atoms with Crippen LogP contribution < -0.4 is 5.56 Å². The van der Waals surface area contributed by atoms with Crippen molar-refractivity contribution in [3.63, 3.8) is 0 Å². The highest BCUT2D eigenvalue weighted by Crippen LogP contribution is 2.28. The van der Waals surface area contributed by atoms with E-state index < -0.39 is 0 Å². The molecule has 0 aliphatic carbocycles. The van der Waals surface area contributed by atoms with Crippen LogP contribution in [-0.2, 0) is 11.3 Å². The predicted octanol–water partition coefficient (Wildman–Crippen LogP) is 2.94. The van der Waals surface area contributed by atoms with E-state index >= 15 is 0 Å². The highest BCUT2D eigenvalue weighted by atomic mass is 16.5. The number of aromatic nitrogens is 3. The summed E-state index contributed by atoms with van der Waals surface area (Å²) < 4.78 is 7.68. The maximum atomic E-state index is 11.7. The number of aryl methyl sites for hydroxylation is 1. The molecule has 0 spiro atoms. The van der Waals surface area contributed by atoms with Crippen LogP contribution in [0.2, 0.25) is 0 Å². The fraction of sp³-hybridized carbons (Fsp3) is 0.350. The number of aldehydes is 1. The van der Waals surface area contributed by atoms with Gasteiger partial charge >= 0.3 is 0 Å². The van der Waals surface area contributed by atoms with E-state index in [1.807, 2.05) is 24.3 Å². The van der Waals surface area contributed by atoms with Crippen molar-refractivity contribution in [2.45, 2.75) is 26.3 Å². The first kappa shape index (κ1) is 16.7. The molecule has 3 heterocycles. The largest absolute Gasteiger partial charge is 0.381 e. The number of carbonyl (C=O) groups excluding carboxylic acids is 1. The van der Waals surface area contributed by atoms with E-state index in [4.69, 9.17) is 9.72 Å². The van der Waals surface area contributed by atoms with E-state index in [2.05, 4.69) is 9.55 Å². The molecule has 0 unspecified atom stereocenters. The number of ether oxygens (including phenoxy) is 1. The molecule has 0 radical (unpaired) electrons. The molecule has 1 aliphatic heterocycles. The molecule has 1 saturated heterocycles. The first-order chi connectivity index (χ1) is 12.7. The molecule has 1 N–H and O–H groups in total. The number of fused-ring (bicyclic) bond motifs is 1. The summed E-state index contributed by atoms with van der Waals surface area (Å²) >= 11 is 0. The van der Waals surface area contributed by atoms with Gasteiger partial charge in [0.05, 0.1) is 11.0 Å². The zero-order chi connectivity index (χ0) is 18.1. The van der Waals surface area contributed by atoms with Gasteiger partial charge in [-0.2, -0.15) is 0 Å². The van der Waals surface area contributed by atoms with Crippen molar-refractivity contribution in [3.8, 4) is 11.4 Å². The van der Waals surface area contributed by atoms with Crippen molar-refractivity contribution in [3.05, 3.63) is 51.9 Å². The predicted molar refractivity (Wildman–Crippen MR) is 99.5 cm³/mol. The second kappa shape index (κ2) is 6.88. The van der Waals surface area contributed by atoms with Crippen LogP contribution in [0.3, 0.4) is 0 Å². The average molecular weight is 351 g/mol. The van der Waals surface area contributed by atoms with Gasteiger partial charge in [-0.05, 0) is 49.9 Å². The van der Waals surface area contributed by atoms with Crippen molar-refractivity contribution in [1.82, 2.24) is 14.5 Å². The van der Waals surface area contributed by atoms with Crippen LogP contribution in [0.1, 0.15) is 28.8 Å². The zero-order valence-corrected chi connectivity index (χ0v) is 14.7. The molecule has 6 nitrogen and oxygen atoms in total. The number of aromatic amines is 1. The van der Waals surface area contributed by atoms with E-state index in [1.165, 1.54) is 0 Å². The average Bonchev–Trinajstić information content (AvgIpc) is 3.02. The number of rotatable bonds is 4. The van der Waals surface area contributed by atoms with Crippen LogP contribution in [-0.4, -0.2) is 34.0 Å². The van der Waals surface area contributed by atoms with Crippen molar-refractivity contribution in [1.29, 1.82) is 0 Å². The second-order valence-corrected chi connectivity index (χ2v) is 6.87. The van der Waals surface area contributed by atoms with Crippen LogP contribution >= 0.6 is 0 Å². The summed E-state index contributed by atoms with van der Waals surface area (Å²) in [4.78, 5) is 30.4. The minimum Gasteiger partial charge on any atom is -0.381 e. The summed E-state index contributed by atoms with van der Waals surface area (Å²) in [5.41, 5.74) is 3.83. The first-order valence-electron chi connectivity index (χ1n) is 8.88. The van der Waals surface area contributed by atoms with Crippen molar-refractivity contribution in [2.24, 2.45) is 5.92 Å². The van der Waals surface area contributed by atoms with Crippen molar-refractivity contribution < 1.29 is 9.53 Å². The zero-order valence-electron chi connectivity index (χ0n) is 14.7. The molecule has 26 heavy (non-hydrogen) atoms. The maximum Gasteiger partial charge on any atom is 0.250 e. The van der Waals surface area contributed by atoms with Crippen LogP contribution in [0, 0.1) is 12.8 Å². The molecule has 0 bridgehead atoms. The molecule has 0 amide bonds. The summed E-state index contributed by atoms with van der Waals surface area (Å²) in [5, 5.41) is 0. The summed E-state index contributed by atoms with van der Waals surface area (Å²) in [6.07, 6.45) is 4.59. The molecular formula is C20H21N3O3. The molecule has 6 heteroatoms. The Labute approximate surface area is 150 Å². The number of nitrogens with one attached hydrogen (secondary N) is 1. The Hall–Kier alpha value is -2.73. The Morgan fingerprint density at radius 2 is 2.12 bits per heavy atom. The summed E-state index contributed by atoms with van der Waals surface area (Å²) in [5.74, 6) is 1.34. The number of hydrogen-bond donors (Lipinski definition) is 1. The number of pyridine rings is 1. The molecular weight excluding hydrogens is 330 g/mol. The van der Waals surface area contributed by atoms with Gasteiger partial charge in [0.15, 0.2) is 0 Å². The summed E-state index contributed by atoms with van der Waals surface area (Å²) in [7, 11) is 0. The van der Waals surface area contributed by atoms with Crippen LogP contribution in [0.25, 0.3) is 22.4 Å². The van der Waals surface area contributed by atoms with Gasteiger partial charge in [-0.25, -0.2) is 4.98 Å². The number of nitrogens with zero attached hydrogens (tertiary/aromatic N) is 2. The normalized spacial score (nSPS) is 15.4. The lowest BCUT2D eigenvalue weighted by molar-refractivity contribution is 0.0617. The molecule has 1 aliphatic rings. The standard InChI is InChI=1S/C20H21N3O3/c1-13-8-16(10-21-20(13)25)19-22-17-9-15(12-24)2-3-18(17)23(19)11-14-4-6-26-7-5-14/h2-3,8-10,12,14H,4-7,11H2,1H3,(H,21,25). The van der Waals surface area contributed by atoms with Crippen molar-refractivity contribution >= 4 is 17.3 Å². The van der Waals surface area contributed by atoms with Gasteiger partial charge < -0.3 is 14.3 Å². The highest BCUT2D eigenvalue weighted by molar-refractivity contribution is 5.87. The lowest BCUT2D eigenvalue weighted by Gasteiger charge is -2.23. The number of H-pyrrole nitrogens is 1. The minimum atomic E-state index is -0.0934. The second-order valence-electron chi connectivity index (χ2n) is 6.87. The van der Waals surface area contributed by atoms with E-state index in [0.29, 0.717) is 17.0 Å². The Balaban J connectivity index is 1.85. The topological polar surface area (TPSA) is 77.0 Å². The van der Waals surface area contributed by atoms with E-state index in [0.717, 1.165) is 61.3 Å². The molecule has 0 atom stereocenters. The Bertz CT molecular complexity index is 1010. The Morgan fingerprint density at radius 1 is 1.31 bits per heavy atom. The lowest BCUT2D eigenvalue weighted by atomic mass is 10.00. The van der Waals surface area contributed by atoms with Gasteiger partial charge in [-0.15, -0.1) is 0 Å². The molecule has 1 fully saturated rings. The number of imidazole rings is 1. The summed E-state index contributed by atoms with van der Waals surface area (Å²) in [6, 6.07) is 7.44. The molecule has 1 aromatic carbocycles. The Morgan fingerprint density at radius 3 is 2.85 bits per heavy atom. The third kappa shape index (κ3) is 3.08. The van der Waals surface area contributed by atoms with Crippen LogP contribution in [0.4, 0.5) is 0 Å². The highest BCUT2D eigenvalue weighted by Gasteiger charge is 2.20. The SMILES string of the molecule is Cc1cc(-c2nc3cc(C=O)ccc3n2CC2CCOCC2)c[nH]c1=O. The monoisotopic (exact) mass is 351 g/mol. The number of benzene rings is 1. The maximum absolute atomic E-state index is 11.7. The van der Waals surface area contributed by atoms with E-state index in [1.54, 1.807) is 13.1 Å². The smallest absolute Gasteiger partial charge is 0.250 e. The van der Waals surface area contributed by atoms with E-state index in [9.17, 15) is 9.59 Å². The first-order valence-corrected chi connectivity index (χ1v) is 8.88. The quantitative estimate of drug-likeness (QED) is 0.733. The Kier molecular flexibility index (Phi) is 4.42. The van der Waals surface area contributed by atoms with Gasteiger partial charge in [0, 0.05) is 42.6 Å². The van der Waals surface area contributed by atoms with Gasteiger partial charge in [-0.1, -0.05) is 0 Å². The van der Waals surface area contributed by atoms with Crippen LogP contribution in [0.5, 0.6) is 0 Å². The van der Waals surface area contributed by atoms with Gasteiger partial charge in [0.25, 0.3) is 5.56 Å². The van der Waals surface area contributed by atoms with Crippen molar-refractivity contribution in [2.75, 3.05) is 13.2 Å². The number of carbonyl (C=O) groups is 1. The lowest BCUT2D eigenvalue weighted by Crippen LogP contribution is -2.21. The fourth-order valence-corrected chi connectivity index (χ4v) is 3.54. The summed E-state index contributed by atoms with van der Waals surface area (Å²) in [6.45, 7) is 4.21. The molecule has 134 valence electrons. The fourth-order valence-electron chi connectivity index (χ4n) is 3.54. The third-order valence-electron chi connectivity index (χ3n) is 5.04. The molecule has 2 aromatic heterocycles. The molecule has 4 rings (SSSR count). The molecule has 3 aromatic rings. The van der Waals surface area contributed by atoms with Gasteiger partial charge in [-0.3, -0.25) is 9.59 Å².